The number of hydrogen-bond acceptors (Lipinski definition) is 5. The number of allylic oxidation sites excluding steroid dienone is 1. The molecule has 0 spiro atoms. The van der Waals surface area contributed by atoms with Gasteiger partial charge in [0.25, 0.3) is 5.91 Å². The average Bonchev–Trinajstić information content (AvgIpc) is 3.27. The van der Waals surface area contributed by atoms with E-state index in [0.29, 0.717) is 42.7 Å². The Morgan fingerprint density at radius 2 is 1.65 bits per heavy atom. The number of carbonyl (C=O) groups excluding carboxylic acids is 2. The molecule has 4 rings (SSSR count). The summed E-state index contributed by atoms with van der Waals surface area (Å²) in [4.78, 5) is 41.1. The Kier molecular flexibility index (Phi) is 10.4. The predicted octanol–water partition coefficient (Wildman–Crippen LogP) is 8.46. The largest absolute Gasteiger partial charge is 0.496 e. The first-order valence-electron chi connectivity index (χ1n) is 15.7. The summed E-state index contributed by atoms with van der Waals surface area (Å²) in [6, 6.07) is 3.88. The van der Waals surface area contributed by atoms with Crippen molar-refractivity contribution in [1.29, 1.82) is 0 Å². The Balaban J connectivity index is 1.76. The first kappa shape index (κ1) is 37.6. The van der Waals surface area contributed by atoms with E-state index < -0.39 is 65.2 Å². The number of carbonyl (C=O) groups is 3. The molecule has 1 N–H and O–H groups in total. The number of rotatable bonds is 9. The molecule has 3 atom stereocenters. The Labute approximate surface area is 280 Å². The number of carboxylic acid groups (broad SMARTS) is 1. The summed E-state index contributed by atoms with van der Waals surface area (Å²) in [5.74, 6) is -1.63. The van der Waals surface area contributed by atoms with Crippen LogP contribution in [0.2, 0.25) is 0 Å². The van der Waals surface area contributed by atoms with Crippen molar-refractivity contribution in [3.8, 4) is 5.75 Å². The SMILES string of the molecule is COc1ccc(C(=O)N(C)C(C(=O)O)C(C)C)cc1C1=C(CN2C(=O)O[C@H](c3cc(C(F)(F)F)cc(C(F)(F)F)c3)[C@@H]2C)CC(C)(C)CC1. The van der Waals surface area contributed by atoms with Gasteiger partial charge < -0.3 is 19.5 Å². The van der Waals surface area contributed by atoms with Gasteiger partial charge in [-0.1, -0.05) is 27.7 Å². The number of amides is 2. The molecule has 2 aliphatic rings. The second kappa shape index (κ2) is 13.6. The van der Waals surface area contributed by atoms with Crippen LogP contribution in [0.25, 0.3) is 5.57 Å². The number of nitrogens with zero attached hydrogens (tertiary/aromatic N) is 2. The number of aliphatic carboxylic acids is 1. The number of methoxy groups -OCH3 is 1. The van der Waals surface area contributed by atoms with Gasteiger partial charge in [-0.05, 0) is 90.6 Å². The van der Waals surface area contributed by atoms with Crippen LogP contribution in [0.15, 0.2) is 42.0 Å². The molecule has 2 aromatic rings. The third-order valence-corrected chi connectivity index (χ3v) is 9.26. The first-order valence-corrected chi connectivity index (χ1v) is 15.7. The number of carboxylic acids is 1. The van der Waals surface area contributed by atoms with Crippen molar-refractivity contribution in [2.24, 2.45) is 11.3 Å². The van der Waals surface area contributed by atoms with Gasteiger partial charge in [0.2, 0.25) is 0 Å². The zero-order valence-electron chi connectivity index (χ0n) is 28.3. The van der Waals surface area contributed by atoms with E-state index in [-0.39, 0.29) is 29.5 Å². The van der Waals surface area contributed by atoms with Crippen LogP contribution in [0.1, 0.15) is 92.6 Å². The molecule has 14 heteroatoms. The summed E-state index contributed by atoms with van der Waals surface area (Å²) in [7, 11) is 2.87. The predicted molar refractivity (Wildman–Crippen MR) is 168 cm³/mol. The van der Waals surface area contributed by atoms with E-state index in [1.807, 2.05) is 13.8 Å². The summed E-state index contributed by atoms with van der Waals surface area (Å²) in [6.45, 7) is 8.91. The molecule has 1 heterocycles. The maximum Gasteiger partial charge on any atom is 0.416 e. The smallest absolute Gasteiger partial charge is 0.416 e. The standard InChI is InChI=1S/C35H40F6N2O6/c1-18(2)28(31(45)46)42(6)30(44)20-8-9-27(48-7)26(14-20)25-10-11-33(4,5)16-22(25)17-43-19(3)29(49-32(43)47)21-12-23(34(36,37)38)15-24(13-21)35(39,40)41/h8-9,12-15,18-19,28-29H,10-11,16-17H2,1-7H3,(H,45,46)/t19-,28?,29-/m0/s1. The highest BCUT2D eigenvalue weighted by Gasteiger charge is 2.44. The van der Waals surface area contributed by atoms with Crippen molar-refractivity contribution in [3.63, 3.8) is 0 Å². The Morgan fingerprint density at radius 3 is 2.16 bits per heavy atom. The lowest BCUT2D eigenvalue weighted by Gasteiger charge is -2.36. The number of likely N-dealkylation sites (N-methyl/N-ethyl adjacent to an activating group) is 1. The van der Waals surface area contributed by atoms with Gasteiger partial charge in [0, 0.05) is 24.7 Å². The minimum atomic E-state index is -5.07. The maximum atomic E-state index is 13.6. The van der Waals surface area contributed by atoms with E-state index in [0.717, 1.165) is 16.0 Å². The van der Waals surface area contributed by atoms with Crippen molar-refractivity contribution in [3.05, 3.63) is 69.8 Å². The molecular weight excluding hydrogens is 658 g/mol. The monoisotopic (exact) mass is 698 g/mol. The van der Waals surface area contributed by atoms with Crippen molar-refractivity contribution in [2.45, 2.75) is 84.4 Å². The van der Waals surface area contributed by atoms with Gasteiger partial charge in [-0.2, -0.15) is 26.3 Å². The average molecular weight is 699 g/mol. The number of alkyl halides is 6. The van der Waals surface area contributed by atoms with Gasteiger partial charge in [-0.15, -0.1) is 0 Å². The third kappa shape index (κ3) is 7.99. The molecule has 1 unspecified atom stereocenters. The second-order valence-corrected chi connectivity index (χ2v) is 13.8. The van der Waals surface area contributed by atoms with Crippen LogP contribution in [-0.2, 0) is 21.9 Å². The lowest BCUT2D eigenvalue weighted by molar-refractivity contribution is -0.144. The summed E-state index contributed by atoms with van der Waals surface area (Å²) < 4.78 is 92.7. The topological polar surface area (TPSA) is 96.4 Å². The van der Waals surface area contributed by atoms with Gasteiger partial charge in [-0.3, -0.25) is 9.69 Å². The zero-order chi connectivity index (χ0) is 36.8. The molecule has 0 aromatic heterocycles. The zero-order valence-corrected chi connectivity index (χ0v) is 28.3. The second-order valence-electron chi connectivity index (χ2n) is 13.8. The van der Waals surface area contributed by atoms with Crippen molar-refractivity contribution < 1.29 is 55.3 Å². The van der Waals surface area contributed by atoms with Crippen LogP contribution in [0.4, 0.5) is 31.1 Å². The molecule has 0 saturated carbocycles. The molecule has 8 nitrogen and oxygen atoms in total. The molecule has 49 heavy (non-hydrogen) atoms. The minimum absolute atomic E-state index is 0.0264. The molecular formula is C35H40F6N2O6. The molecule has 2 amide bonds. The fourth-order valence-corrected chi connectivity index (χ4v) is 6.70. The van der Waals surface area contributed by atoms with Gasteiger partial charge in [0.15, 0.2) is 0 Å². The first-order chi connectivity index (χ1) is 22.6. The number of cyclic esters (lactones) is 1. The van der Waals surface area contributed by atoms with Gasteiger partial charge in [-0.25, -0.2) is 9.59 Å². The molecule has 1 saturated heterocycles. The molecule has 1 aliphatic carbocycles. The molecule has 268 valence electrons. The van der Waals surface area contributed by atoms with E-state index >= 15 is 0 Å². The highest BCUT2D eigenvalue weighted by atomic mass is 19.4. The van der Waals surface area contributed by atoms with Crippen LogP contribution in [0.3, 0.4) is 0 Å². The molecule has 1 aliphatic heterocycles. The molecule has 2 aromatic carbocycles. The molecule has 0 bridgehead atoms. The third-order valence-electron chi connectivity index (χ3n) is 9.26. The Bertz CT molecular complexity index is 1620. The van der Waals surface area contributed by atoms with E-state index in [9.17, 15) is 45.8 Å². The van der Waals surface area contributed by atoms with Crippen LogP contribution < -0.4 is 4.74 Å². The van der Waals surface area contributed by atoms with Crippen LogP contribution >= 0.6 is 0 Å². The highest BCUT2D eigenvalue weighted by Crippen LogP contribution is 2.47. The van der Waals surface area contributed by atoms with E-state index in [1.54, 1.807) is 26.0 Å². The normalized spacial score (nSPS) is 20.4. The van der Waals surface area contributed by atoms with Crippen LogP contribution in [0.5, 0.6) is 5.75 Å². The number of hydrogen-bond donors (Lipinski definition) is 1. The number of halogens is 6. The van der Waals surface area contributed by atoms with Gasteiger partial charge in [0.05, 0.1) is 24.3 Å². The Morgan fingerprint density at radius 1 is 1.06 bits per heavy atom. The van der Waals surface area contributed by atoms with Crippen LogP contribution in [0, 0.1) is 11.3 Å². The van der Waals surface area contributed by atoms with Crippen LogP contribution in [-0.4, -0.2) is 65.7 Å². The molecule has 0 radical (unpaired) electrons. The lowest BCUT2D eigenvalue weighted by atomic mass is 9.72. The lowest BCUT2D eigenvalue weighted by Crippen LogP contribution is -2.45. The summed E-state index contributed by atoms with van der Waals surface area (Å²) >= 11 is 0. The van der Waals surface area contributed by atoms with E-state index in [4.69, 9.17) is 9.47 Å². The fraction of sp³-hybridized carbons (Fsp3) is 0.514. The molecule has 1 fully saturated rings. The van der Waals surface area contributed by atoms with Crippen molar-refractivity contribution >= 4 is 23.5 Å². The number of ether oxygens (including phenoxy) is 2. The van der Waals surface area contributed by atoms with E-state index in [2.05, 4.69) is 0 Å². The number of benzene rings is 2. The van der Waals surface area contributed by atoms with Crippen molar-refractivity contribution in [1.82, 2.24) is 9.80 Å². The maximum absolute atomic E-state index is 13.6. The quantitative estimate of drug-likeness (QED) is 0.264. The van der Waals surface area contributed by atoms with Gasteiger partial charge >= 0.3 is 24.4 Å². The van der Waals surface area contributed by atoms with Gasteiger partial charge in [0.1, 0.15) is 17.9 Å². The summed E-state index contributed by atoms with van der Waals surface area (Å²) in [6.07, 6.45) is -10.8. The minimum Gasteiger partial charge on any atom is -0.496 e. The highest BCUT2D eigenvalue weighted by molar-refractivity contribution is 5.98. The van der Waals surface area contributed by atoms with E-state index in [1.165, 1.54) is 32.0 Å². The summed E-state index contributed by atoms with van der Waals surface area (Å²) in [5, 5.41) is 9.74. The Hall–Kier alpha value is -4.23. The van der Waals surface area contributed by atoms with Crippen molar-refractivity contribution in [2.75, 3.05) is 20.7 Å². The fourth-order valence-electron chi connectivity index (χ4n) is 6.70. The summed E-state index contributed by atoms with van der Waals surface area (Å²) in [5.41, 5.74) is -1.41.